The van der Waals surface area contributed by atoms with Gasteiger partial charge in [0.15, 0.2) is 5.43 Å². The van der Waals surface area contributed by atoms with Gasteiger partial charge in [-0.3, -0.25) is 9.59 Å². The number of amides is 1. The lowest BCUT2D eigenvalue weighted by atomic mass is 10.1. The Morgan fingerprint density at radius 3 is 2.67 bits per heavy atom. The van der Waals surface area contributed by atoms with E-state index in [0.29, 0.717) is 22.5 Å². The number of aromatic nitrogens is 1. The maximum atomic E-state index is 12.2. The van der Waals surface area contributed by atoms with Crippen molar-refractivity contribution in [3.63, 3.8) is 0 Å². The first kappa shape index (κ1) is 16.3. The van der Waals surface area contributed by atoms with E-state index in [1.165, 1.54) is 11.6 Å². The molecule has 4 nitrogen and oxygen atoms in total. The number of carbonyl (C=O) groups excluding carboxylic acids is 1. The molecule has 0 atom stereocenters. The number of carbonyl (C=O) groups is 1. The van der Waals surface area contributed by atoms with E-state index >= 15 is 0 Å². The van der Waals surface area contributed by atoms with Crippen molar-refractivity contribution in [1.82, 2.24) is 9.88 Å². The highest BCUT2D eigenvalue weighted by Gasteiger charge is 2.07. The molecular weight excluding hydrogens is 324 g/mol. The number of rotatable bonds is 5. The Morgan fingerprint density at radius 1 is 1.08 bits per heavy atom. The van der Waals surface area contributed by atoms with Crippen molar-refractivity contribution < 1.29 is 4.79 Å². The van der Waals surface area contributed by atoms with E-state index in [-0.39, 0.29) is 17.9 Å². The second-order valence-corrected chi connectivity index (χ2v) is 5.99. The Hall–Kier alpha value is -2.59. The van der Waals surface area contributed by atoms with Gasteiger partial charge in [-0.1, -0.05) is 41.9 Å². The first-order chi connectivity index (χ1) is 11.6. The lowest BCUT2D eigenvalue weighted by Crippen LogP contribution is -2.29. The average molecular weight is 341 g/mol. The van der Waals surface area contributed by atoms with Gasteiger partial charge < -0.3 is 9.88 Å². The number of pyridine rings is 1. The number of fused-ring (bicyclic) bond motifs is 1. The van der Waals surface area contributed by atoms with E-state index in [1.807, 2.05) is 30.3 Å². The Morgan fingerprint density at radius 2 is 1.88 bits per heavy atom. The van der Waals surface area contributed by atoms with Gasteiger partial charge in [-0.05, 0) is 30.2 Å². The summed E-state index contributed by atoms with van der Waals surface area (Å²) in [6.45, 7) is 0.716. The number of halogens is 1. The van der Waals surface area contributed by atoms with Gasteiger partial charge in [0.05, 0.1) is 5.52 Å². The SMILES string of the molecule is O=C(Cn1ccc(=O)c2ccc(Cl)cc21)NCCc1ccccc1. The van der Waals surface area contributed by atoms with Crippen molar-refractivity contribution >= 4 is 28.4 Å². The molecule has 0 saturated heterocycles. The molecule has 0 aliphatic carbocycles. The molecule has 1 amide bonds. The Bertz CT molecular complexity index is 920. The van der Waals surface area contributed by atoms with Crippen molar-refractivity contribution in [2.45, 2.75) is 13.0 Å². The maximum absolute atomic E-state index is 12.2. The molecule has 0 aliphatic rings. The van der Waals surface area contributed by atoms with Crippen molar-refractivity contribution in [2.24, 2.45) is 0 Å². The molecule has 1 N–H and O–H groups in total. The summed E-state index contributed by atoms with van der Waals surface area (Å²) in [6.07, 6.45) is 2.40. The zero-order valence-electron chi connectivity index (χ0n) is 13.0. The van der Waals surface area contributed by atoms with Crippen molar-refractivity contribution in [2.75, 3.05) is 6.54 Å². The molecule has 0 unspecified atom stereocenters. The number of hydrogen-bond acceptors (Lipinski definition) is 2. The van der Waals surface area contributed by atoms with Gasteiger partial charge >= 0.3 is 0 Å². The summed E-state index contributed by atoms with van der Waals surface area (Å²) < 4.78 is 1.74. The summed E-state index contributed by atoms with van der Waals surface area (Å²) in [7, 11) is 0. The monoisotopic (exact) mass is 340 g/mol. The van der Waals surface area contributed by atoms with Gasteiger partial charge in [-0.25, -0.2) is 0 Å². The van der Waals surface area contributed by atoms with Crippen molar-refractivity contribution in [1.29, 1.82) is 0 Å². The van der Waals surface area contributed by atoms with Gasteiger partial charge in [0.25, 0.3) is 0 Å². The van der Waals surface area contributed by atoms with Crippen LogP contribution in [0.5, 0.6) is 0 Å². The molecule has 5 heteroatoms. The summed E-state index contributed by atoms with van der Waals surface area (Å²) in [4.78, 5) is 24.1. The molecule has 0 spiro atoms. The van der Waals surface area contributed by atoms with Crippen molar-refractivity contribution in [3.8, 4) is 0 Å². The fourth-order valence-electron chi connectivity index (χ4n) is 2.62. The summed E-state index contributed by atoms with van der Waals surface area (Å²) in [6, 6.07) is 16.5. The lowest BCUT2D eigenvalue weighted by Gasteiger charge is -2.11. The largest absolute Gasteiger partial charge is 0.354 e. The molecule has 3 aromatic rings. The quantitative estimate of drug-likeness (QED) is 0.776. The van der Waals surface area contributed by atoms with Crippen LogP contribution in [-0.4, -0.2) is 17.0 Å². The van der Waals surface area contributed by atoms with Crippen LogP contribution in [0.25, 0.3) is 10.9 Å². The molecule has 0 radical (unpaired) electrons. The summed E-state index contributed by atoms with van der Waals surface area (Å²) >= 11 is 6.02. The van der Waals surface area contributed by atoms with Crippen LogP contribution in [0, 0.1) is 0 Å². The third-order valence-electron chi connectivity index (χ3n) is 3.83. The van der Waals surface area contributed by atoms with Crippen LogP contribution in [0.3, 0.4) is 0 Å². The lowest BCUT2D eigenvalue weighted by molar-refractivity contribution is -0.121. The van der Waals surface area contributed by atoms with E-state index in [1.54, 1.807) is 29.0 Å². The van der Waals surface area contributed by atoms with Gasteiger partial charge in [0, 0.05) is 29.2 Å². The van der Waals surface area contributed by atoms with Gasteiger partial charge in [-0.2, -0.15) is 0 Å². The van der Waals surface area contributed by atoms with E-state index < -0.39 is 0 Å². The first-order valence-electron chi connectivity index (χ1n) is 7.73. The van der Waals surface area contributed by atoms with Crippen LogP contribution in [-0.2, 0) is 17.8 Å². The van der Waals surface area contributed by atoms with E-state index in [9.17, 15) is 9.59 Å². The zero-order valence-corrected chi connectivity index (χ0v) is 13.8. The molecule has 0 saturated carbocycles. The first-order valence-corrected chi connectivity index (χ1v) is 8.10. The predicted octanol–water partition coefficient (Wildman–Crippen LogP) is 3.01. The van der Waals surface area contributed by atoms with Gasteiger partial charge in [0.1, 0.15) is 6.54 Å². The van der Waals surface area contributed by atoms with E-state index in [2.05, 4.69) is 5.32 Å². The number of nitrogens with zero attached hydrogens (tertiary/aromatic N) is 1. The standard InChI is InChI=1S/C19H17ClN2O2/c20-15-6-7-16-17(12-15)22(11-9-18(16)23)13-19(24)21-10-8-14-4-2-1-3-5-14/h1-7,9,11-12H,8,10,13H2,(H,21,24). The third kappa shape index (κ3) is 3.84. The summed E-state index contributed by atoms with van der Waals surface area (Å²) in [5.74, 6) is -0.101. The molecule has 122 valence electrons. The van der Waals surface area contributed by atoms with Crippen LogP contribution in [0.15, 0.2) is 65.6 Å². The highest BCUT2D eigenvalue weighted by molar-refractivity contribution is 6.31. The van der Waals surface area contributed by atoms with E-state index in [4.69, 9.17) is 11.6 Å². The topological polar surface area (TPSA) is 51.1 Å². The summed E-state index contributed by atoms with van der Waals surface area (Å²) in [5, 5.41) is 3.99. The van der Waals surface area contributed by atoms with E-state index in [0.717, 1.165) is 6.42 Å². The molecule has 24 heavy (non-hydrogen) atoms. The Balaban J connectivity index is 1.68. The number of nitrogens with one attached hydrogen (secondary N) is 1. The molecule has 0 bridgehead atoms. The maximum Gasteiger partial charge on any atom is 0.239 e. The van der Waals surface area contributed by atoms with Crippen LogP contribution < -0.4 is 10.7 Å². The minimum atomic E-state index is -0.101. The highest BCUT2D eigenvalue weighted by Crippen LogP contribution is 2.16. The highest BCUT2D eigenvalue weighted by atomic mass is 35.5. The number of benzene rings is 2. The molecular formula is C19H17ClN2O2. The zero-order chi connectivity index (χ0) is 16.9. The molecule has 3 rings (SSSR count). The fraction of sp³-hybridized carbons (Fsp3) is 0.158. The fourth-order valence-corrected chi connectivity index (χ4v) is 2.78. The Labute approximate surface area is 144 Å². The second kappa shape index (κ2) is 7.32. The molecule has 0 fully saturated rings. The molecule has 2 aromatic carbocycles. The molecule has 1 heterocycles. The van der Waals surface area contributed by atoms with Crippen LogP contribution in [0.1, 0.15) is 5.56 Å². The smallest absolute Gasteiger partial charge is 0.239 e. The Kier molecular flexibility index (Phi) is 4.96. The van der Waals surface area contributed by atoms with Gasteiger partial charge in [0.2, 0.25) is 5.91 Å². The van der Waals surface area contributed by atoms with Crippen LogP contribution in [0.4, 0.5) is 0 Å². The molecule has 1 aromatic heterocycles. The minimum Gasteiger partial charge on any atom is -0.354 e. The van der Waals surface area contributed by atoms with Crippen LogP contribution >= 0.6 is 11.6 Å². The normalized spacial score (nSPS) is 10.7. The summed E-state index contributed by atoms with van der Waals surface area (Å²) in [5.41, 5.74) is 1.76. The molecule has 0 aliphatic heterocycles. The second-order valence-electron chi connectivity index (χ2n) is 5.55. The minimum absolute atomic E-state index is 0.0811. The van der Waals surface area contributed by atoms with Crippen LogP contribution in [0.2, 0.25) is 5.02 Å². The average Bonchev–Trinajstić information content (AvgIpc) is 2.58. The van der Waals surface area contributed by atoms with Crippen molar-refractivity contribution in [3.05, 3.63) is 81.6 Å². The van der Waals surface area contributed by atoms with Gasteiger partial charge in [-0.15, -0.1) is 0 Å². The third-order valence-corrected chi connectivity index (χ3v) is 4.07. The number of hydrogen-bond donors (Lipinski definition) is 1. The predicted molar refractivity (Wildman–Crippen MR) is 96.4 cm³/mol.